The zero-order valence-electron chi connectivity index (χ0n) is 14.2. The quantitative estimate of drug-likeness (QED) is 0.290. The predicted octanol–water partition coefficient (Wildman–Crippen LogP) is 4.22. The van der Waals surface area contributed by atoms with Crippen LogP contribution in [0, 0.1) is 0 Å². The van der Waals surface area contributed by atoms with Crippen LogP contribution in [0.3, 0.4) is 0 Å². The number of carbonyl (C=O) groups is 1. The highest BCUT2D eigenvalue weighted by atomic mass is 16.6. The van der Waals surface area contributed by atoms with E-state index in [-0.39, 0.29) is 12.5 Å². The van der Waals surface area contributed by atoms with Crippen LogP contribution in [0.25, 0.3) is 0 Å². The molecular weight excluding hydrogens is 288 g/mol. The zero-order chi connectivity index (χ0) is 16.8. The number of carbonyl (C=O) groups excluding carboxylic acids is 1. The molecule has 23 heavy (non-hydrogen) atoms. The fourth-order valence-electron chi connectivity index (χ4n) is 2.19. The highest BCUT2D eigenvalue weighted by Crippen LogP contribution is 2.30. The lowest BCUT2D eigenvalue weighted by atomic mass is 10.2. The van der Waals surface area contributed by atoms with Gasteiger partial charge in [0.05, 0.1) is 0 Å². The number of aliphatic carboxylic acids is 1. The summed E-state index contributed by atoms with van der Waals surface area (Å²) in [6.45, 7) is 2.22. The van der Waals surface area contributed by atoms with Crippen LogP contribution in [0.15, 0.2) is 48.3 Å². The van der Waals surface area contributed by atoms with Gasteiger partial charge in [-0.05, 0) is 44.6 Å². The number of carboxylic acid groups (broad SMARTS) is 1. The van der Waals surface area contributed by atoms with Crippen molar-refractivity contribution < 1.29 is 14.6 Å². The number of carboxylic acids is 1. The molecule has 0 saturated carbocycles. The summed E-state index contributed by atoms with van der Waals surface area (Å²) in [5.74, 6) is 0.0595. The Hall–Kier alpha value is -1.77. The van der Waals surface area contributed by atoms with E-state index in [9.17, 15) is 9.90 Å². The molecule has 0 amide bonds. The first kappa shape index (κ1) is 19.3. The Labute approximate surface area is 140 Å². The average molecular weight is 317 g/mol. The minimum Gasteiger partial charge on any atom is -0.550 e. The lowest BCUT2D eigenvalue weighted by Gasteiger charge is -1.97. The standard InChI is InChI=1S/C20H30O3/c1-2-3-4-5-6-7-8-9-12-15-18-19(23-18)16-13-10-11-14-17-20(21)22/h6-7,9-10,12-13,15,19H,2-5,8,11,14,16-17H2,1H3,(H,21,22)/p-1/b7-6-,12-9-,13-10-,18-15-/t19-/m1/s1. The van der Waals surface area contributed by atoms with Crippen LogP contribution in [-0.4, -0.2) is 12.1 Å². The van der Waals surface area contributed by atoms with Crippen LogP contribution in [-0.2, 0) is 9.53 Å². The Balaban J connectivity index is 2.01. The van der Waals surface area contributed by atoms with Crippen LogP contribution in [0.2, 0.25) is 0 Å². The monoisotopic (exact) mass is 317 g/mol. The Bertz CT molecular complexity index is 444. The van der Waals surface area contributed by atoms with Gasteiger partial charge in [0.15, 0.2) is 6.10 Å². The summed E-state index contributed by atoms with van der Waals surface area (Å²) in [6.07, 6.45) is 23.4. The topological polar surface area (TPSA) is 52.7 Å². The molecule has 0 bridgehead atoms. The molecule has 1 aliphatic heterocycles. The molecule has 0 spiro atoms. The van der Waals surface area contributed by atoms with Crippen LogP contribution in [0.4, 0.5) is 0 Å². The van der Waals surface area contributed by atoms with Crippen LogP contribution >= 0.6 is 0 Å². The SMILES string of the molecule is CCCCC/C=C\C/C=C\C=C1/O[C@@H]1C/C=C\CCCC(=O)[O-]. The van der Waals surface area contributed by atoms with Crippen molar-refractivity contribution in [1.82, 2.24) is 0 Å². The molecule has 1 heterocycles. The van der Waals surface area contributed by atoms with Gasteiger partial charge >= 0.3 is 0 Å². The van der Waals surface area contributed by atoms with Crippen molar-refractivity contribution in [2.24, 2.45) is 0 Å². The average Bonchev–Trinajstić information content (AvgIpc) is 3.27. The minimum absolute atomic E-state index is 0.132. The second kappa shape index (κ2) is 12.7. The van der Waals surface area contributed by atoms with Gasteiger partial charge in [-0.1, -0.05) is 56.2 Å². The molecule has 1 saturated heterocycles. The summed E-state index contributed by atoms with van der Waals surface area (Å²) in [6, 6.07) is 0. The molecular formula is C20H29O3-. The van der Waals surface area contributed by atoms with Crippen molar-refractivity contribution in [3.63, 3.8) is 0 Å². The molecule has 3 heteroatoms. The Morgan fingerprint density at radius 3 is 2.65 bits per heavy atom. The number of epoxide rings is 1. The summed E-state index contributed by atoms with van der Waals surface area (Å²) >= 11 is 0. The first-order valence-electron chi connectivity index (χ1n) is 8.77. The van der Waals surface area contributed by atoms with Gasteiger partial charge in [-0.25, -0.2) is 0 Å². The van der Waals surface area contributed by atoms with Gasteiger partial charge < -0.3 is 14.6 Å². The number of hydrogen-bond donors (Lipinski definition) is 0. The van der Waals surface area contributed by atoms with Crippen LogP contribution < -0.4 is 5.11 Å². The maximum atomic E-state index is 10.2. The molecule has 1 aliphatic rings. The van der Waals surface area contributed by atoms with Crippen molar-refractivity contribution in [3.8, 4) is 0 Å². The molecule has 0 unspecified atom stereocenters. The molecule has 1 atom stereocenters. The summed E-state index contributed by atoms with van der Waals surface area (Å²) in [7, 11) is 0. The van der Waals surface area contributed by atoms with E-state index in [1.54, 1.807) is 0 Å². The van der Waals surface area contributed by atoms with Crippen LogP contribution in [0.1, 0.15) is 64.7 Å². The van der Waals surface area contributed by atoms with Crippen molar-refractivity contribution in [1.29, 1.82) is 0 Å². The largest absolute Gasteiger partial charge is 0.550 e. The Morgan fingerprint density at radius 2 is 1.87 bits per heavy atom. The molecule has 0 aromatic rings. The lowest BCUT2D eigenvalue weighted by Crippen LogP contribution is -2.21. The third-order valence-electron chi connectivity index (χ3n) is 3.62. The van der Waals surface area contributed by atoms with Crippen LogP contribution in [0.5, 0.6) is 0 Å². The van der Waals surface area contributed by atoms with Crippen molar-refractivity contribution >= 4 is 5.97 Å². The zero-order valence-corrected chi connectivity index (χ0v) is 14.2. The predicted molar refractivity (Wildman–Crippen MR) is 92.6 cm³/mol. The second-order valence-electron chi connectivity index (χ2n) is 5.78. The molecule has 1 rings (SSSR count). The molecule has 3 nitrogen and oxygen atoms in total. The Morgan fingerprint density at radius 1 is 1.09 bits per heavy atom. The molecule has 1 fully saturated rings. The van der Waals surface area contributed by atoms with Crippen molar-refractivity contribution in [2.45, 2.75) is 70.8 Å². The molecule has 0 aromatic carbocycles. The van der Waals surface area contributed by atoms with Crippen molar-refractivity contribution in [2.75, 3.05) is 0 Å². The van der Waals surface area contributed by atoms with Gasteiger partial charge in [-0.3, -0.25) is 0 Å². The molecule has 0 radical (unpaired) electrons. The molecule has 0 aliphatic carbocycles. The normalized spacial score (nSPS) is 19.2. The highest BCUT2D eigenvalue weighted by Gasteiger charge is 2.29. The van der Waals surface area contributed by atoms with Gasteiger partial charge in [0.25, 0.3) is 0 Å². The fraction of sp³-hybridized carbons (Fsp3) is 0.550. The van der Waals surface area contributed by atoms with E-state index in [0.717, 1.165) is 25.0 Å². The highest BCUT2D eigenvalue weighted by molar-refractivity contribution is 5.64. The van der Waals surface area contributed by atoms with E-state index >= 15 is 0 Å². The molecule has 128 valence electrons. The summed E-state index contributed by atoms with van der Waals surface area (Å²) in [4.78, 5) is 10.2. The number of ether oxygens (including phenoxy) is 1. The van der Waals surface area contributed by atoms with Gasteiger partial charge in [0.2, 0.25) is 0 Å². The smallest absolute Gasteiger partial charge is 0.159 e. The number of allylic oxidation sites excluding steroid dienone is 6. The summed E-state index contributed by atoms with van der Waals surface area (Å²) < 4.78 is 5.47. The maximum Gasteiger partial charge on any atom is 0.159 e. The third kappa shape index (κ3) is 11.5. The van der Waals surface area contributed by atoms with E-state index in [2.05, 4.69) is 37.3 Å². The summed E-state index contributed by atoms with van der Waals surface area (Å²) in [5.41, 5.74) is 0. The minimum atomic E-state index is -0.975. The van der Waals surface area contributed by atoms with Gasteiger partial charge in [0, 0.05) is 12.4 Å². The first-order chi connectivity index (χ1) is 11.2. The summed E-state index contributed by atoms with van der Waals surface area (Å²) in [5, 5.41) is 10.2. The maximum absolute atomic E-state index is 10.2. The third-order valence-corrected chi connectivity index (χ3v) is 3.62. The van der Waals surface area contributed by atoms with E-state index in [1.165, 1.54) is 25.7 Å². The van der Waals surface area contributed by atoms with Gasteiger partial charge in [-0.2, -0.15) is 0 Å². The lowest BCUT2D eigenvalue weighted by molar-refractivity contribution is -0.305. The van der Waals surface area contributed by atoms with E-state index in [1.807, 2.05) is 12.2 Å². The number of hydrogen-bond acceptors (Lipinski definition) is 3. The number of unbranched alkanes of at least 4 members (excludes halogenated alkanes) is 4. The second-order valence-corrected chi connectivity index (χ2v) is 5.78. The van der Waals surface area contributed by atoms with Gasteiger partial charge in [0.1, 0.15) is 5.76 Å². The Kier molecular flexibility index (Phi) is 10.7. The van der Waals surface area contributed by atoms with E-state index < -0.39 is 5.97 Å². The fourth-order valence-corrected chi connectivity index (χ4v) is 2.19. The molecule has 0 N–H and O–H groups in total. The first-order valence-corrected chi connectivity index (χ1v) is 8.77. The van der Waals surface area contributed by atoms with E-state index in [4.69, 9.17) is 4.74 Å². The van der Waals surface area contributed by atoms with Crippen molar-refractivity contribution in [3.05, 3.63) is 48.3 Å². The number of rotatable bonds is 13. The van der Waals surface area contributed by atoms with E-state index in [0.29, 0.717) is 6.42 Å². The van der Waals surface area contributed by atoms with Gasteiger partial charge in [-0.15, -0.1) is 0 Å². The molecule has 0 aromatic heterocycles.